The molecule has 8 heteroatoms. The molecule has 0 saturated carbocycles. The molecule has 0 bridgehead atoms. The summed E-state index contributed by atoms with van der Waals surface area (Å²) in [6, 6.07) is 18.4. The average molecular weight is 519 g/mol. The number of amides is 1. The van der Waals surface area contributed by atoms with E-state index in [1.54, 1.807) is 30.7 Å². The number of fused-ring (bicyclic) bond motifs is 2. The fraction of sp³-hybridized carbons (Fsp3) is 0.161. The summed E-state index contributed by atoms with van der Waals surface area (Å²) in [5.41, 5.74) is 7.45. The number of halogens is 1. The summed E-state index contributed by atoms with van der Waals surface area (Å²) in [6.07, 6.45) is 5.59. The molecule has 6 aromatic rings. The number of hydrogen-bond donors (Lipinski definition) is 3. The van der Waals surface area contributed by atoms with E-state index < -0.39 is 0 Å². The molecule has 1 amide bonds. The molecule has 7 nitrogen and oxygen atoms in total. The first-order valence-corrected chi connectivity index (χ1v) is 12.7. The van der Waals surface area contributed by atoms with Crippen molar-refractivity contribution in [2.24, 2.45) is 5.41 Å². The third-order valence-electron chi connectivity index (χ3n) is 6.55. The highest BCUT2D eigenvalue weighted by Crippen LogP contribution is 2.35. The topological polar surface area (TPSA) is 99.3 Å². The van der Waals surface area contributed by atoms with Gasteiger partial charge in [0.2, 0.25) is 5.91 Å². The smallest absolute Gasteiger partial charge is 0.224 e. The van der Waals surface area contributed by atoms with Gasteiger partial charge in [0.1, 0.15) is 17.2 Å². The molecule has 0 radical (unpaired) electrons. The van der Waals surface area contributed by atoms with Gasteiger partial charge < -0.3 is 10.3 Å². The van der Waals surface area contributed by atoms with Crippen LogP contribution in [0.5, 0.6) is 0 Å². The summed E-state index contributed by atoms with van der Waals surface area (Å²) in [7, 11) is 0. The van der Waals surface area contributed by atoms with Crippen molar-refractivity contribution < 1.29 is 9.18 Å². The van der Waals surface area contributed by atoms with E-state index in [1.807, 2.05) is 51.1 Å². The Balaban J connectivity index is 1.36. The molecule has 194 valence electrons. The van der Waals surface area contributed by atoms with Crippen molar-refractivity contribution in [1.82, 2.24) is 25.1 Å². The van der Waals surface area contributed by atoms with Gasteiger partial charge in [-0.2, -0.15) is 5.10 Å². The van der Waals surface area contributed by atoms with Crippen LogP contribution in [0.1, 0.15) is 27.2 Å². The minimum atomic E-state index is -0.273. The van der Waals surface area contributed by atoms with Crippen LogP contribution in [0, 0.1) is 11.2 Å². The summed E-state index contributed by atoms with van der Waals surface area (Å²) < 4.78 is 13.5. The van der Waals surface area contributed by atoms with Crippen LogP contribution in [-0.4, -0.2) is 31.1 Å². The minimum absolute atomic E-state index is 0.0403. The van der Waals surface area contributed by atoms with E-state index in [2.05, 4.69) is 36.5 Å². The minimum Gasteiger partial charge on any atom is -0.338 e. The van der Waals surface area contributed by atoms with Crippen LogP contribution in [0.4, 0.5) is 10.1 Å². The van der Waals surface area contributed by atoms with Crippen molar-refractivity contribution >= 4 is 33.5 Å². The van der Waals surface area contributed by atoms with Crippen LogP contribution < -0.4 is 5.32 Å². The molecule has 0 aliphatic rings. The molecule has 4 aromatic heterocycles. The number of benzene rings is 2. The zero-order valence-electron chi connectivity index (χ0n) is 21.8. The Hall–Kier alpha value is -4.85. The molecule has 0 spiro atoms. The molecular weight excluding hydrogens is 491 g/mol. The van der Waals surface area contributed by atoms with Crippen molar-refractivity contribution in [1.29, 1.82) is 0 Å². The molecule has 0 aliphatic heterocycles. The normalized spacial score (nSPS) is 11.8. The van der Waals surface area contributed by atoms with Crippen LogP contribution in [0.2, 0.25) is 0 Å². The third kappa shape index (κ3) is 5.01. The van der Waals surface area contributed by atoms with Gasteiger partial charge >= 0.3 is 0 Å². The monoisotopic (exact) mass is 518 g/mol. The predicted molar refractivity (Wildman–Crippen MR) is 153 cm³/mol. The number of carbonyl (C=O) groups excluding carboxylic acids is 1. The highest BCUT2D eigenvalue weighted by molar-refractivity contribution is 6.01. The van der Waals surface area contributed by atoms with Crippen LogP contribution in [0.3, 0.4) is 0 Å². The Morgan fingerprint density at radius 1 is 0.923 bits per heavy atom. The summed E-state index contributed by atoms with van der Waals surface area (Å²) in [6.45, 7) is 6.10. The first-order valence-electron chi connectivity index (χ1n) is 12.7. The molecule has 0 fully saturated rings. The van der Waals surface area contributed by atoms with Crippen LogP contribution in [0.15, 0.2) is 79.3 Å². The Morgan fingerprint density at radius 3 is 2.51 bits per heavy atom. The van der Waals surface area contributed by atoms with Crippen LogP contribution in [0.25, 0.3) is 55.6 Å². The first-order chi connectivity index (χ1) is 18.7. The van der Waals surface area contributed by atoms with E-state index >= 15 is 0 Å². The van der Waals surface area contributed by atoms with E-state index in [9.17, 15) is 9.18 Å². The van der Waals surface area contributed by atoms with Gasteiger partial charge in [-0.15, -0.1) is 0 Å². The number of nitrogens with zero attached hydrogens (tertiary/aromatic N) is 3. The highest BCUT2D eigenvalue weighted by Gasteiger charge is 2.17. The number of aromatic amines is 2. The zero-order valence-corrected chi connectivity index (χ0v) is 21.8. The molecule has 0 unspecified atom stereocenters. The van der Waals surface area contributed by atoms with Crippen LogP contribution in [-0.2, 0) is 4.79 Å². The molecule has 2 aromatic carbocycles. The molecule has 6 rings (SSSR count). The summed E-state index contributed by atoms with van der Waals surface area (Å²) in [5, 5.41) is 12.5. The highest BCUT2D eigenvalue weighted by atomic mass is 19.1. The maximum atomic E-state index is 13.5. The number of anilines is 1. The van der Waals surface area contributed by atoms with E-state index in [0.29, 0.717) is 12.1 Å². The lowest BCUT2D eigenvalue weighted by Gasteiger charge is -2.17. The van der Waals surface area contributed by atoms with E-state index in [1.165, 1.54) is 12.1 Å². The van der Waals surface area contributed by atoms with Gasteiger partial charge in [-0.1, -0.05) is 39.0 Å². The number of aromatic nitrogens is 5. The standard InChI is InChI=1S/C31H27FN6O/c1-31(2,3)15-28(39)35-22-12-20(16-33-17-22)19-6-9-26-25(13-19)29(38-37-26)27-14-24-23(10-11-34-30(24)36-27)18-4-7-21(32)8-5-18/h4-14,16-17H,15H2,1-3H3,(H,34,36)(H,35,39)(H,37,38). The van der Waals surface area contributed by atoms with E-state index in [-0.39, 0.29) is 17.1 Å². The summed E-state index contributed by atoms with van der Waals surface area (Å²) >= 11 is 0. The number of pyridine rings is 2. The van der Waals surface area contributed by atoms with Crippen molar-refractivity contribution in [3.8, 4) is 33.6 Å². The second kappa shape index (κ2) is 9.47. The van der Waals surface area contributed by atoms with Gasteiger partial charge in [0, 0.05) is 35.2 Å². The quantitative estimate of drug-likeness (QED) is 0.222. The van der Waals surface area contributed by atoms with Gasteiger partial charge in [0.15, 0.2) is 0 Å². The lowest BCUT2D eigenvalue weighted by Crippen LogP contribution is -2.19. The second-order valence-corrected chi connectivity index (χ2v) is 10.9. The fourth-order valence-electron chi connectivity index (χ4n) is 4.79. The maximum absolute atomic E-state index is 13.5. The third-order valence-corrected chi connectivity index (χ3v) is 6.55. The van der Waals surface area contributed by atoms with E-state index in [4.69, 9.17) is 0 Å². The van der Waals surface area contributed by atoms with E-state index in [0.717, 1.165) is 55.6 Å². The van der Waals surface area contributed by atoms with Crippen molar-refractivity contribution in [2.75, 3.05) is 5.32 Å². The van der Waals surface area contributed by atoms with Gasteiger partial charge in [0.25, 0.3) is 0 Å². The Labute approximate surface area is 224 Å². The summed E-state index contributed by atoms with van der Waals surface area (Å²) in [5.74, 6) is -0.313. The van der Waals surface area contributed by atoms with Crippen molar-refractivity contribution in [2.45, 2.75) is 27.2 Å². The number of carbonyl (C=O) groups is 1. The average Bonchev–Trinajstić information content (AvgIpc) is 3.52. The maximum Gasteiger partial charge on any atom is 0.224 e. The number of hydrogen-bond acceptors (Lipinski definition) is 4. The zero-order chi connectivity index (χ0) is 27.1. The number of nitrogens with one attached hydrogen (secondary N) is 3. The first kappa shape index (κ1) is 24.5. The van der Waals surface area contributed by atoms with Gasteiger partial charge in [-0.05, 0) is 64.6 Å². The lowest BCUT2D eigenvalue weighted by atomic mass is 9.92. The largest absolute Gasteiger partial charge is 0.338 e. The molecule has 0 aliphatic carbocycles. The Bertz CT molecular complexity index is 1830. The SMILES string of the molecule is CC(C)(C)CC(=O)Nc1cncc(-c2ccc3[nH]nc(-c4cc5c(-c6ccc(F)cc6)ccnc5[nH]4)c3c2)c1. The number of rotatable bonds is 5. The fourth-order valence-corrected chi connectivity index (χ4v) is 4.79. The summed E-state index contributed by atoms with van der Waals surface area (Å²) in [4.78, 5) is 24.7. The number of H-pyrrole nitrogens is 2. The predicted octanol–water partition coefficient (Wildman–Crippen LogP) is 7.35. The van der Waals surface area contributed by atoms with Gasteiger partial charge in [0.05, 0.1) is 23.1 Å². The molecule has 0 saturated heterocycles. The molecule has 4 heterocycles. The molecule has 39 heavy (non-hydrogen) atoms. The second-order valence-electron chi connectivity index (χ2n) is 10.9. The Morgan fingerprint density at radius 2 is 1.72 bits per heavy atom. The molecule has 3 N–H and O–H groups in total. The molecule has 0 atom stereocenters. The lowest BCUT2D eigenvalue weighted by molar-refractivity contribution is -0.117. The molecular formula is C31H27FN6O. The van der Waals surface area contributed by atoms with Gasteiger partial charge in [-0.25, -0.2) is 9.37 Å². The van der Waals surface area contributed by atoms with Crippen molar-refractivity contribution in [3.63, 3.8) is 0 Å². The van der Waals surface area contributed by atoms with Crippen LogP contribution >= 0.6 is 0 Å². The Kier molecular flexibility index (Phi) is 5.95. The van der Waals surface area contributed by atoms with Gasteiger partial charge in [-0.3, -0.25) is 14.9 Å². The van der Waals surface area contributed by atoms with Crippen molar-refractivity contribution in [3.05, 3.63) is 85.1 Å².